The molecule has 146 valence electrons. The molecule has 0 aliphatic rings. The van der Waals surface area contributed by atoms with Crippen LogP contribution in [0, 0.1) is 45.3 Å². The zero-order chi connectivity index (χ0) is 20.4. The van der Waals surface area contributed by atoms with E-state index in [9.17, 15) is 20.1 Å². The summed E-state index contributed by atoms with van der Waals surface area (Å²) >= 11 is 0. The average Bonchev–Trinajstić information content (AvgIpc) is 2.59. The monoisotopic (exact) mass is 364 g/mol. The molecule has 0 saturated heterocycles. The van der Waals surface area contributed by atoms with Gasteiger partial charge in [0, 0.05) is 0 Å². The van der Waals surface area contributed by atoms with E-state index in [1.54, 1.807) is 27.7 Å². The Hall–Kier alpha value is -2.08. The van der Waals surface area contributed by atoms with Crippen LogP contribution in [0.2, 0.25) is 0 Å². The summed E-state index contributed by atoms with van der Waals surface area (Å²) in [7, 11) is 0. The molecule has 0 radical (unpaired) electrons. The Morgan fingerprint density at radius 1 is 0.808 bits per heavy atom. The van der Waals surface area contributed by atoms with Gasteiger partial charge < -0.3 is 9.47 Å². The molecule has 0 bridgehead atoms. The van der Waals surface area contributed by atoms with Crippen LogP contribution in [-0.4, -0.2) is 25.2 Å². The fraction of sp³-hybridized carbons (Fsp3) is 0.800. The molecule has 0 aromatic heterocycles. The molecule has 2 atom stereocenters. The molecule has 6 nitrogen and oxygen atoms in total. The van der Waals surface area contributed by atoms with Crippen molar-refractivity contribution in [3.8, 4) is 12.1 Å². The Kier molecular flexibility index (Phi) is 9.94. The second-order valence-electron chi connectivity index (χ2n) is 7.13. The molecule has 0 aliphatic carbocycles. The lowest BCUT2D eigenvalue weighted by Gasteiger charge is -2.42. The molecule has 0 fully saturated rings. The van der Waals surface area contributed by atoms with Crippen LogP contribution in [0.25, 0.3) is 0 Å². The van der Waals surface area contributed by atoms with Gasteiger partial charge in [0.1, 0.15) is 0 Å². The fourth-order valence-electron chi connectivity index (χ4n) is 3.08. The van der Waals surface area contributed by atoms with Crippen molar-refractivity contribution in [3.63, 3.8) is 0 Å². The molecule has 26 heavy (non-hydrogen) atoms. The molecule has 0 saturated carbocycles. The fourth-order valence-corrected chi connectivity index (χ4v) is 3.08. The lowest BCUT2D eigenvalue weighted by atomic mass is 9.54. The van der Waals surface area contributed by atoms with Crippen LogP contribution in [0.4, 0.5) is 0 Å². The number of ether oxygens (including phenoxy) is 2. The number of hydrogen-bond acceptors (Lipinski definition) is 6. The normalized spacial score (nSPS) is 15.5. The maximum absolute atomic E-state index is 13.0. The maximum Gasteiger partial charge on any atom is 0.329 e. The number of nitrogens with zero attached hydrogens (tertiary/aromatic N) is 2. The first-order valence-corrected chi connectivity index (χ1v) is 9.39. The molecule has 0 heterocycles. The highest BCUT2D eigenvalue weighted by molar-refractivity contribution is 5.93. The van der Waals surface area contributed by atoms with Gasteiger partial charge in [-0.25, -0.2) is 0 Å². The summed E-state index contributed by atoms with van der Waals surface area (Å²) in [6.07, 6.45) is 2.93. The largest absolute Gasteiger partial charge is 0.464 e. The molecular formula is C20H32N2O4. The van der Waals surface area contributed by atoms with Crippen molar-refractivity contribution in [2.45, 2.75) is 67.2 Å². The van der Waals surface area contributed by atoms with Crippen LogP contribution < -0.4 is 0 Å². The summed E-state index contributed by atoms with van der Waals surface area (Å²) in [6, 6.07) is 3.98. The first-order valence-electron chi connectivity index (χ1n) is 9.39. The molecule has 0 N–H and O–H groups in total. The number of hydrogen-bond donors (Lipinski definition) is 0. The van der Waals surface area contributed by atoms with E-state index in [-0.39, 0.29) is 13.2 Å². The van der Waals surface area contributed by atoms with Gasteiger partial charge in [0.05, 0.1) is 25.4 Å². The Bertz CT molecular complexity index is 509. The third kappa shape index (κ3) is 4.36. The van der Waals surface area contributed by atoms with Crippen LogP contribution in [0.15, 0.2) is 0 Å². The highest BCUT2D eigenvalue weighted by Crippen LogP contribution is 2.51. The van der Waals surface area contributed by atoms with Crippen LogP contribution in [0.5, 0.6) is 0 Å². The Labute approximate surface area is 157 Å². The minimum absolute atomic E-state index is 0.149. The van der Waals surface area contributed by atoms with Crippen molar-refractivity contribution in [2.24, 2.45) is 22.7 Å². The van der Waals surface area contributed by atoms with Crippen LogP contribution >= 0.6 is 0 Å². The third-order valence-electron chi connectivity index (χ3n) is 4.81. The van der Waals surface area contributed by atoms with Gasteiger partial charge in [-0.1, -0.05) is 54.4 Å². The van der Waals surface area contributed by atoms with E-state index in [0.29, 0.717) is 12.8 Å². The second-order valence-corrected chi connectivity index (χ2v) is 7.13. The van der Waals surface area contributed by atoms with E-state index >= 15 is 0 Å². The molecule has 0 rings (SSSR count). The summed E-state index contributed by atoms with van der Waals surface area (Å²) in [4.78, 5) is 25.9. The Balaban J connectivity index is 6.23. The van der Waals surface area contributed by atoms with Gasteiger partial charge in [0.2, 0.25) is 0 Å². The number of carbonyl (C=O) groups is 2. The summed E-state index contributed by atoms with van der Waals surface area (Å²) in [6.45, 7) is 10.8. The van der Waals surface area contributed by atoms with Gasteiger partial charge in [-0.2, -0.15) is 10.5 Å². The number of rotatable bonds is 11. The van der Waals surface area contributed by atoms with E-state index in [2.05, 4.69) is 0 Å². The van der Waals surface area contributed by atoms with Crippen molar-refractivity contribution < 1.29 is 19.1 Å². The van der Waals surface area contributed by atoms with Gasteiger partial charge in [0.15, 0.2) is 10.8 Å². The predicted molar refractivity (Wildman–Crippen MR) is 97.5 cm³/mol. The highest BCUT2D eigenvalue weighted by Gasteiger charge is 2.67. The molecule has 0 spiro atoms. The third-order valence-corrected chi connectivity index (χ3v) is 4.81. The summed E-state index contributed by atoms with van der Waals surface area (Å²) < 4.78 is 10.6. The van der Waals surface area contributed by atoms with E-state index in [0.717, 1.165) is 12.8 Å². The molecule has 0 aromatic carbocycles. The van der Waals surface area contributed by atoms with Crippen molar-refractivity contribution in [2.75, 3.05) is 13.2 Å². The Morgan fingerprint density at radius 3 is 1.31 bits per heavy atom. The number of nitriles is 2. The molecule has 6 heteroatoms. The molecule has 0 aliphatic heterocycles. The lowest BCUT2D eigenvalue weighted by molar-refractivity contribution is -0.179. The van der Waals surface area contributed by atoms with Crippen LogP contribution in [0.1, 0.15) is 67.2 Å². The van der Waals surface area contributed by atoms with Gasteiger partial charge in [-0.05, 0) is 24.7 Å². The number of unbranched alkanes of at least 4 members (excludes halogenated alkanes) is 2. The Morgan fingerprint density at radius 2 is 1.12 bits per heavy atom. The van der Waals surface area contributed by atoms with Gasteiger partial charge in [0.25, 0.3) is 0 Å². The molecule has 0 aromatic rings. The summed E-state index contributed by atoms with van der Waals surface area (Å²) in [5, 5.41) is 20.0. The van der Waals surface area contributed by atoms with E-state index in [4.69, 9.17) is 9.47 Å². The number of carbonyl (C=O) groups excluding carboxylic acids is 2. The average molecular weight is 364 g/mol. The minimum Gasteiger partial charge on any atom is -0.464 e. The van der Waals surface area contributed by atoms with E-state index in [1.807, 2.05) is 26.0 Å². The first kappa shape index (κ1) is 23.9. The van der Waals surface area contributed by atoms with E-state index in [1.165, 1.54) is 0 Å². The second kappa shape index (κ2) is 10.8. The van der Waals surface area contributed by atoms with Gasteiger partial charge in [-0.15, -0.1) is 0 Å². The zero-order valence-corrected chi connectivity index (χ0v) is 16.9. The molecule has 0 amide bonds. The van der Waals surface area contributed by atoms with Gasteiger partial charge >= 0.3 is 11.9 Å². The van der Waals surface area contributed by atoms with E-state index < -0.39 is 34.6 Å². The quantitative estimate of drug-likeness (QED) is 0.406. The minimum atomic E-state index is -1.94. The maximum atomic E-state index is 13.0. The van der Waals surface area contributed by atoms with Crippen molar-refractivity contribution in [1.82, 2.24) is 0 Å². The van der Waals surface area contributed by atoms with Crippen LogP contribution in [-0.2, 0) is 19.1 Å². The van der Waals surface area contributed by atoms with Crippen LogP contribution in [0.3, 0.4) is 0 Å². The van der Waals surface area contributed by atoms with Crippen molar-refractivity contribution in [1.29, 1.82) is 10.5 Å². The summed E-state index contributed by atoms with van der Waals surface area (Å²) in [5.41, 5.74) is -3.88. The molecule has 2 unspecified atom stereocenters. The molecular weight excluding hydrogens is 332 g/mol. The zero-order valence-electron chi connectivity index (χ0n) is 16.9. The standard InChI is InChI=1S/C20H32N2O4/c1-7-9-11-25-17(23)19(13-21,15(3)4)20(14-22,16(5)6)18(24)26-12-10-8-2/h15-16H,7-12H2,1-6H3. The first-order chi connectivity index (χ1) is 12.2. The van der Waals surface area contributed by atoms with Crippen molar-refractivity contribution >= 4 is 11.9 Å². The summed E-state index contributed by atoms with van der Waals surface area (Å²) in [5.74, 6) is -2.87. The number of esters is 2. The van der Waals surface area contributed by atoms with Gasteiger partial charge in [-0.3, -0.25) is 9.59 Å². The highest BCUT2D eigenvalue weighted by atomic mass is 16.5. The lowest BCUT2D eigenvalue weighted by Crippen LogP contribution is -2.58. The predicted octanol–water partition coefficient (Wildman–Crippen LogP) is 4.00. The smallest absolute Gasteiger partial charge is 0.329 e. The van der Waals surface area contributed by atoms with Crippen molar-refractivity contribution in [3.05, 3.63) is 0 Å². The topological polar surface area (TPSA) is 100 Å². The SMILES string of the molecule is CCCCOC(=O)C(C#N)(C(C)C)C(C#N)(C(=O)OCCCC)C(C)C.